The van der Waals surface area contributed by atoms with Crippen LogP contribution in [0.4, 0.5) is 0 Å². The second-order valence-electron chi connectivity index (χ2n) is 2.81. The van der Waals surface area contributed by atoms with Gasteiger partial charge in [0.15, 0.2) is 0 Å². The van der Waals surface area contributed by atoms with E-state index in [0.29, 0.717) is 6.61 Å². The standard InChI is InChI=1S/C8H19N3O2/c1-8(12)11-6-2-4-10-5-3-7-13-9/h10H,2-7,9H2,1H3,(H,11,12). The molecule has 5 heteroatoms. The van der Waals surface area contributed by atoms with Gasteiger partial charge in [-0.2, -0.15) is 0 Å². The third-order valence-corrected chi connectivity index (χ3v) is 1.52. The van der Waals surface area contributed by atoms with Gasteiger partial charge in [-0.15, -0.1) is 0 Å². The van der Waals surface area contributed by atoms with Crippen molar-refractivity contribution >= 4 is 5.91 Å². The van der Waals surface area contributed by atoms with Crippen LogP contribution in [-0.2, 0) is 9.63 Å². The van der Waals surface area contributed by atoms with Crippen molar-refractivity contribution in [1.82, 2.24) is 10.6 Å². The summed E-state index contributed by atoms with van der Waals surface area (Å²) >= 11 is 0. The lowest BCUT2D eigenvalue weighted by atomic mass is 10.4. The summed E-state index contributed by atoms with van der Waals surface area (Å²) in [5.74, 6) is 4.87. The maximum atomic E-state index is 10.5. The van der Waals surface area contributed by atoms with E-state index in [9.17, 15) is 4.79 Å². The summed E-state index contributed by atoms with van der Waals surface area (Å²) in [7, 11) is 0. The minimum Gasteiger partial charge on any atom is -0.356 e. The molecular formula is C8H19N3O2. The fraction of sp³-hybridized carbons (Fsp3) is 0.875. The number of nitrogens with one attached hydrogen (secondary N) is 2. The van der Waals surface area contributed by atoms with Crippen LogP contribution in [0.2, 0.25) is 0 Å². The Morgan fingerprint density at radius 3 is 2.62 bits per heavy atom. The fourth-order valence-corrected chi connectivity index (χ4v) is 0.883. The highest BCUT2D eigenvalue weighted by Gasteiger charge is 1.90. The number of carbonyl (C=O) groups is 1. The molecule has 0 rings (SSSR count). The number of carbonyl (C=O) groups excluding carboxylic acids is 1. The lowest BCUT2D eigenvalue weighted by molar-refractivity contribution is -0.118. The summed E-state index contributed by atoms with van der Waals surface area (Å²) in [6.45, 7) is 4.64. The van der Waals surface area contributed by atoms with Gasteiger partial charge in [0.2, 0.25) is 5.91 Å². The average Bonchev–Trinajstić information content (AvgIpc) is 2.09. The smallest absolute Gasteiger partial charge is 0.216 e. The van der Waals surface area contributed by atoms with E-state index in [1.165, 1.54) is 6.92 Å². The Morgan fingerprint density at radius 1 is 1.31 bits per heavy atom. The molecule has 0 spiro atoms. The highest BCUT2D eigenvalue weighted by Crippen LogP contribution is 1.77. The van der Waals surface area contributed by atoms with Crippen molar-refractivity contribution in [3.8, 4) is 0 Å². The topological polar surface area (TPSA) is 76.4 Å². The third-order valence-electron chi connectivity index (χ3n) is 1.52. The number of rotatable bonds is 8. The zero-order valence-corrected chi connectivity index (χ0v) is 8.14. The summed E-state index contributed by atoms with van der Waals surface area (Å²) in [4.78, 5) is 14.9. The van der Waals surface area contributed by atoms with Gasteiger partial charge in [-0.3, -0.25) is 4.79 Å². The van der Waals surface area contributed by atoms with Crippen molar-refractivity contribution in [1.29, 1.82) is 0 Å². The monoisotopic (exact) mass is 189 g/mol. The molecule has 0 aromatic carbocycles. The van der Waals surface area contributed by atoms with E-state index in [1.54, 1.807) is 0 Å². The molecule has 0 atom stereocenters. The summed E-state index contributed by atoms with van der Waals surface area (Å²) in [6.07, 6.45) is 1.86. The fourth-order valence-electron chi connectivity index (χ4n) is 0.883. The predicted molar refractivity (Wildman–Crippen MR) is 50.9 cm³/mol. The molecule has 0 bridgehead atoms. The molecule has 4 N–H and O–H groups in total. The molecule has 0 aromatic heterocycles. The molecule has 0 saturated carbocycles. The van der Waals surface area contributed by atoms with E-state index < -0.39 is 0 Å². The van der Waals surface area contributed by atoms with E-state index in [1.807, 2.05) is 0 Å². The van der Waals surface area contributed by atoms with Crippen LogP contribution < -0.4 is 16.5 Å². The predicted octanol–water partition coefficient (Wildman–Crippen LogP) is -0.617. The van der Waals surface area contributed by atoms with E-state index in [-0.39, 0.29) is 5.91 Å². The van der Waals surface area contributed by atoms with E-state index >= 15 is 0 Å². The summed E-state index contributed by atoms with van der Waals surface area (Å²) in [5.41, 5.74) is 0. The first-order chi connectivity index (χ1) is 6.27. The Morgan fingerprint density at radius 2 is 2.00 bits per heavy atom. The van der Waals surface area contributed by atoms with Gasteiger partial charge in [0.1, 0.15) is 0 Å². The lowest BCUT2D eigenvalue weighted by Crippen LogP contribution is -2.26. The van der Waals surface area contributed by atoms with Gasteiger partial charge >= 0.3 is 0 Å². The zero-order valence-electron chi connectivity index (χ0n) is 8.14. The Hall–Kier alpha value is -0.650. The first-order valence-corrected chi connectivity index (χ1v) is 4.54. The van der Waals surface area contributed by atoms with Crippen LogP contribution in [0, 0.1) is 0 Å². The molecule has 0 radical (unpaired) electrons. The van der Waals surface area contributed by atoms with Crippen molar-refractivity contribution in [3.05, 3.63) is 0 Å². The molecule has 0 aliphatic heterocycles. The van der Waals surface area contributed by atoms with Gasteiger partial charge in [-0.25, -0.2) is 5.90 Å². The maximum absolute atomic E-state index is 10.5. The molecule has 0 aliphatic carbocycles. The second kappa shape index (κ2) is 9.44. The van der Waals surface area contributed by atoms with Gasteiger partial charge in [0.25, 0.3) is 0 Å². The third kappa shape index (κ3) is 11.3. The molecule has 0 aromatic rings. The Kier molecular flexibility index (Phi) is 8.97. The van der Waals surface area contributed by atoms with Gasteiger partial charge in [-0.1, -0.05) is 0 Å². The van der Waals surface area contributed by atoms with E-state index in [4.69, 9.17) is 5.90 Å². The molecule has 1 amide bonds. The largest absolute Gasteiger partial charge is 0.356 e. The normalized spacial score (nSPS) is 10.0. The first kappa shape index (κ1) is 12.3. The minimum absolute atomic E-state index is 0.0246. The van der Waals surface area contributed by atoms with Gasteiger partial charge in [0.05, 0.1) is 6.61 Å². The molecule has 5 nitrogen and oxygen atoms in total. The van der Waals surface area contributed by atoms with Crippen molar-refractivity contribution in [2.75, 3.05) is 26.2 Å². The number of hydrogen-bond acceptors (Lipinski definition) is 4. The first-order valence-electron chi connectivity index (χ1n) is 4.54. The van der Waals surface area contributed by atoms with Crippen LogP contribution in [0.15, 0.2) is 0 Å². The highest BCUT2D eigenvalue weighted by molar-refractivity contribution is 5.72. The molecular weight excluding hydrogens is 170 g/mol. The summed E-state index contributed by atoms with van der Waals surface area (Å²) in [5, 5.41) is 5.93. The molecule has 78 valence electrons. The molecule has 0 unspecified atom stereocenters. The highest BCUT2D eigenvalue weighted by atomic mass is 16.6. The zero-order chi connectivity index (χ0) is 9.94. The molecule has 0 aliphatic rings. The average molecular weight is 189 g/mol. The maximum Gasteiger partial charge on any atom is 0.216 e. The Bertz CT molecular complexity index is 131. The number of amides is 1. The summed E-state index contributed by atoms with van der Waals surface area (Å²) in [6, 6.07) is 0. The molecule has 0 fully saturated rings. The molecule has 13 heavy (non-hydrogen) atoms. The van der Waals surface area contributed by atoms with Crippen molar-refractivity contribution in [2.45, 2.75) is 19.8 Å². The number of hydrogen-bond donors (Lipinski definition) is 3. The van der Waals surface area contributed by atoms with Crippen LogP contribution in [0.1, 0.15) is 19.8 Å². The van der Waals surface area contributed by atoms with E-state index in [0.717, 1.165) is 32.5 Å². The van der Waals surface area contributed by atoms with Gasteiger partial charge in [0, 0.05) is 13.5 Å². The Labute approximate surface area is 79.0 Å². The minimum atomic E-state index is 0.0246. The van der Waals surface area contributed by atoms with Crippen LogP contribution in [-0.4, -0.2) is 32.1 Å². The lowest BCUT2D eigenvalue weighted by Gasteiger charge is -2.04. The molecule has 0 saturated heterocycles. The van der Waals surface area contributed by atoms with Crippen LogP contribution >= 0.6 is 0 Å². The SMILES string of the molecule is CC(=O)NCCCNCCCON. The quantitative estimate of drug-likeness (QED) is 0.351. The second-order valence-corrected chi connectivity index (χ2v) is 2.81. The number of nitrogens with two attached hydrogens (primary N) is 1. The van der Waals surface area contributed by atoms with E-state index in [2.05, 4.69) is 15.5 Å². The van der Waals surface area contributed by atoms with Gasteiger partial charge < -0.3 is 15.5 Å². The van der Waals surface area contributed by atoms with Crippen molar-refractivity contribution in [2.24, 2.45) is 5.90 Å². The van der Waals surface area contributed by atoms with Crippen molar-refractivity contribution in [3.63, 3.8) is 0 Å². The summed E-state index contributed by atoms with van der Waals surface area (Å²) < 4.78 is 0. The molecule has 0 heterocycles. The van der Waals surface area contributed by atoms with Crippen LogP contribution in [0.25, 0.3) is 0 Å². The van der Waals surface area contributed by atoms with Crippen molar-refractivity contribution < 1.29 is 9.63 Å². The van der Waals surface area contributed by atoms with Gasteiger partial charge in [-0.05, 0) is 25.9 Å². The van der Waals surface area contributed by atoms with Crippen LogP contribution in [0.3, 0.4) is 0 Å². The van der Waals surface area contributed by atoms with Crippen LogP contribution in [0.5, 0.6) is 0 Å². The Balaban J connectivity index is 2.87.